The molecule has 0 aliphatic heterocycles. The van der Waals surface area contributed by atoms with Crippen molar-refractivity contribution in [1.82, 2.24) is 0 Å². The Balaban J connectivity index is 0.00000200. The molecule has 0 heterocycles. The number of hydrogen-bond acceptors (Lipinski definition) is 0. The zero-order valence-corrected chi connectivity index (χ0v) is 19.1. The molecule has 0 aromatic rings. The summed E-state index contributed by atoms with van der Waals surface area (Å²) in [5.41, 5.74) is 3.93. The van der Waals surface area contributed by atoms with Crippen LogP contribution in [0.25, 0.3) is 0 Å². The van der Waals surface area contributed by atoms with Gasteiger partial charge in [0.1, 0.15) is 0 Å². The Bertz CT molecular complexity index is 448. The van der Waals surface area contributed by atoms with Crippen molar-refractivity contribution in [3.63, 3.8) is 0 Å². The maximum Gasteiger partial charge on any atom is -1.00 e. The summed E-state index contributed by atoms with van der Waals surface area (Å²) >= 11 is -0.825. The molecule has 0 fully saturated rings. The van der Waals surface area contributed by atoms with E-state index < -0.39 is 22.9 Å². The van der Waals surface area contributed by atoms with Crippen molar-refractivity contribution in [2.24, 2.45) is 10.8 Å². The molecule has 0 saturated carbocycles. The zero-order valence-electron chi connectivity index (χ0n) is 14.0. The van der Waals surface area contributed by atoms with Gasteiger partial charge in [-0.25, -0.2) is 0 Å². The maximum atomic E-state index is 2.39. The van der Waals surface area contributed by atoms with Crippen LogP contribution in [0.2, 0.25) is 0 Å². The van der Waals surface area contributed by atoms with E-state index in [9.17, 15) is 0 Å². The molecule has 21 heavy (non-hydrogen) atoms. The number of hydrogen-bond donors (Lipinski definition) is 0. The van der Waals surface area contributed by atoms with Gasteiger partial charge in [-0.2, -0.15) is 0 Å². The molecule has 0 saturated heterocycles. The molecular formula is C18H26Cl2Hf. The first-order chi connectivity index (χ1) is 8.69. The molecule has 0 radical (unpaired) electrons. The molecule has 116 valence electrons. The molecule has 2 aliphatic carbocycles. The molecule has 0 N–H and O–H groups in total. The number of allylic oxidation sites excluding steroid dienone is 8. The summed E-state index contributed by atoms with van der Waals surface area (Å²) in [4.78, 5) is 0. The zero-order chi connectivity index (χ0) is 14.3. The van der Waals surface area contributed by atoms with Crippen LogP contribution in [0.1, 0.15) is 54.4 Å². The van der Waals surface area contributed by atoms with Gasteiger partial charge in [-0.3, -0.25) is 0 Å². The summed E-state index contributed by atoms with van der Waals surface area (Å²) in [5, 5.41) is 0. The van der Waals surface area contributed by atoms with Crippen molar-refractivity contribution in [2.45, 2.75) is 54.4 Å². The molecule has 0 unspecified atom stereocenters. The summed E-state index contributed by atoms with van der Waals surface area (Å²) in [6, 6.07) is 0. The van der Waals surface area contributed by atoms with Crippen LogP contribution in [-0.4, -0.2) is 0 Å². The van der Waals surface area contributed by atoms with Crippen molar-refractivity contribution in [3.05, 3.63) is 42.1 Å². The van der Waals surface area contributed by atoms with Gasteiger partial charge < -0.3 is 24.8 Å². The average molecular weight is 492 g/mol. The Labute approximate surface area is 154 Å². The summed E-state index contributed by atoms with van der Waals surface area (Å²) in [6.45, 7) is 14.1. The first-order valence-electron chi connectivity index (χ1n) is 7.27. The van der Waals surface area contributed by atoms with Crippen molar-refractivity contribution in [3.8, 4) is 0 Å². The van der Waals surface area contributed by atoms with Crippen molar-refractivity contribution in [2.75, 3.05) is 0 Å². The Morgan fingerprint density at radius 3 is 1.33 bits per heavy atom. The van der Waals surface area contributed by atoms with Gasteiger partial charge in [0, 0.05) is 0 Å². The summed E-state index contributed by atoms with van der Waals surface area (Å²) in [7, 11) is 0. The van der Waals surface area contributed by atoms with Crippen LogP contribution in [0.3, 0.4) is 0 Å². The normalized spacial score (nSPS) is 17.8. The summed E-state index contributed by atoms with van der Waals surface area (Å²) in [6.07, 6.45) is 12.0. The van der Waals surface area contributed by atoms with Crippen LogP contribution in [-0.2, 0) is 22.9 Å². The molecule has 0 atom stereocenters. The number of rotatable bonds is 2. The fourth-order valence-corrected chi connectivity index (χ4v) is 9.98. The summed E-state index contributed by atoms with van der Waals surface area (Å²) in [5.74, 6) is 0. The third kappa shape index (κ3) is 5.22. The molecule has 0 bridgehead atoms. The van der Waals surface area contributed by atoms with Crippen LogP contribution in [0.5, 0.6) is 0 Å². The van der Waals surface area contributed by atoms with E-state index in [1.54, 1.807) is 11.1 Å². The van der Waals surface area contributed by atoms with Crippen LogP contribution in [0.15, 0.2) is 42.1 Å². The second-order valence-electron chi connectivity index (χ2n) is 7.62. The monoisotopic (exact) mass is 492 g/mol. The Morgan fingerprint density at radius 2 is 1.05 bits per heavy atom. The fourth-order valence-electron chi connectivity index (χ4n) is 2.83. The molecule has 0 aromatic carbocycles. The van der Waals surface area contributed by atoms with Gasteiger partial charge in [-0.1, -0.05) is 0 Å². The molecule has 0 spiro atoms. The van der Waals surface area contributed by atoms with Crippen LogP contribution >= 0.6 is 0 Å². The topological polar surface area (TPSA) is 0 Å². The van der Waals surface area contributed by atoms with Gasteiger partial charge in [-0.05, 0) is 0 Å². The SMILES string of the molecule is CC(C)(C)C1=[C]([Hf+2][C]2=C(C(C)(C)C)C=CC2)CC=C1.[Cl-].[Cl-]. The standard InChI is InChI=1S/2C9H13.2ClH.Hf/c2*1-9(2,3)8-6-4-5-7-8;;;/h2*4,6H,5H2,1-3H3;2*1H;/q;;;;+2/p-2. The minimum atomic E-state index is -0.825. The molecule has 0 amide bonds. The van der Waals surface area contributed by atoms with Gasteiger partial charge in [0.05, 0.1) is 0 Å². The number of halogens is 2. The van der Waals surface area contributed by atoms with Gasteiger partial charge in [0.25, 0.3) is 0 Å². The van der Waals surface area contributed by atoms with Crippen molar-refractivity contribution in [1.29, 1.82) is 0 Å². The first kappa shape index (κ1) is 21.4. The van der Waals surface area contributed by atoms with E-state index >= 15 is 0 Å². The summed E-state index contributed by atoms with van der Waals surface area (Å²) < 4.78 is 3.65. The fraction of sp³-hybridized carbons (Fsp3) is 0.556. The van der Waals surface area contributed by atoms with E-state index in [0.717, 1.165) is 0 Å². The van der Waals surface area contributed by atoms with Gasteiger partial charge in [0.15, 0.2) is 0 Å². The maximum absolute atomic E-state index is 2.39. The van der Waals surface area contributed by atoms with Crippen LogP contribution < -0.4 is 24.8 Å². The third-order valence-corrected chi connectivity index (χ3v) is 9.35. The van der Waals surface area contributed by atoms with Gasteiger partial charge >= 0.3 is 130 Å². The predicted octanol–water partition coefficient (Wildman–Crippen LogP) is -0.403. The van der Waals surface area contributed by atoms with Crippen molar-refractivity contribution < 1.29 is 47.7 Å². The second kappa shape index (κ2) is 7.79. The molecular weight excluding hydrogens is 466 g/mol. The van der Waals surface area contributed by atoms with Gasteiger partial charge in [-0.15, -0.1) is 0 Å². The second-order valence-corrected chi connectivity index (χ2v) is 12.9. The minimum absolute atomic E-state index is 0. The molecule has 0 aromatic heterocycles. The average Bonchev–Trinajstić information content (AvgIpc) is 2.83. The quantitative estimate of drug-likeness (QED) is 0.461. The van der Waals surface area contributed by atoms with E-state index in [1.807, 2.05) is 6.66 Å². The van der Waals surface area contributed by atoms with E-state index in [-0.39, 0.29) is 24.8 Å². The van der Waals surface area contributed by atoms with E-state index in [4.69, 9.17) is 0 Å². The molecule has 3 heteroatoms. The van der Waals surface area contributed by atoms with Crippen LogP contribution in [0.4, 0.5) is 0 Å². The smallest absolute Gasteiger partial charge is 1.00 e. The molecule has 2 aliphatic rings. The Kier molecular flexibility index (Phi) is 7.95. The van der Waals surface area contributed by atoms with Gasteiger partial charge in [0.2, 0.25) is 0 Å². The third-order valence-electron chi connectivity index (χ3n) is 3.78. The minimum Gasteiger partial charge on any atom is -1.00 e. The Hall–Kier alpha value is 0.410. The van der Waals surface area contributed by atoms with Crippen molar-refractivity contribution >= 4 is 0 Å². The van der Waals surface area contributed by atoms with Crippen LogP contribution in [0, 0.1) is 10.8 Å². The largest absolute Gasteiger partial charge is 1.00 e. The molecule has 0 nitrogen and oxygen atoms in total. The van der Waals surface area contributed by atoms with E-state index in [2.05, 4.69) is 65.8 Å². The van der Waals surface area contributed by atoms with E-state index in [0.29, 0.717) is 10.8 Å². The first-order valence-corrected chi connectivity index (χ1v) is 10.9. The Morgan fingerprint density at radius 1 is 0.714 bits per heavy atom. The van der Waals surface area contributed by atoms with E-state index in [1.165, 1.54) is 12.8 Å². The predicted molar refractivity (Wildman–Crippen MR) is 80.5 cm³/mol. The molecule has 2 rings (SSSR count).